The number of aromatic nitrogens is 4. The van der Waals surface area contributed by atoms with E-state index in [1.165, 1.54) is 32.3 Å². The van der Waals surface area contributed by atoms with Crippen LogP contribution in [0.25, 0.3) is 10.8 Å². The fourth-order valence-corrected chi connectivity index (χ4v) is 4.60. The number of aryl methyl sites for hydroxylation is 1. The summed E-state index contributed by atoms with van der Waals surface area (Å²) in [6.45, 7) is 1.49. The molecule has 1 N–H and O–H groups in total. The van der Waals surface area contributed by atoms with Gasteiger partial charge in [0.2, 0.25) is 0 Å². The van der Waals surface area contributed by atoms with E-state index < -0.39 is 34.7 Å². The van der Waals surface area contributed by atoms with E-state index in [0.717, 1.165) is 16.3 Å². The van der Waals surface area contributed by atoms with E-state index in [2.05, 4.69) is 15.4 Å². The van der Waals surface area contributed by atoms with Crippen molar-refractivity contribution in [1.82, 2.24) is 19.3 Å². The lowest BCUT2D eigenvalue weighted by Crippen LogP contribution is -2.32. The van der Waals surface area contributed by atoms with Crippen molar-refractivity contribution in [3.63, 3.8) is 0 Å². The molecule has 36 heavy (non-hydrogen) atoms. The molecule has 1 atom stereocenters. The first-order valence-electron chi connectivity index (χ1n) is 11.2. The number of fused-ring (bicyclic) bond motifs is 1. The lowest BCUT2D eigenvalue weighted by molar-refractivity contribution is -0.140. The molecule has 0 bridgehead atoms. The number of anilines is 1. The summed E-state index contributed by atoms with van der Waals surface area (Å²) >= 11 is 0. The summed E-state index contributed by atoms with van der Waals surface area (Å²) in [7, 11) is 1.40. The molecule has 5 rings (SSSR count). The summed E-state index contributed by atoms with van der Waals surface area (Å²) < 4.78 is 57.0. The third-order valence-electron chi connectivity index (χ3n) is 6.64. The Balaban J connectivity index is 1.63. The summed E-state index contributed by atoms with van der Waals surface area (Å²) in [5, 5.41) is 7.58. The number of benzene rings is 1. The molecule has 0 amide bonds. The van der Waals surface area contributed by atoms with Gasteiger partial charge in [0.05, 0.1) is 22.5 Å². The number of halogens is 4. The standard InChI is InChI=1S/C25H21F4N5O2/c1-14(16-4-3-5-19(21(16)26)25(27,28)29)31-22-18-13-34(20(35)12-17(18)23(36)33(2)32-22)24(8-9-24)15-6-10-30-11-7-15/h3-7,10-14H,8-9H2,1-2H3,(H,31,32)/t14-/m1/s1. The Morgan fingerprint density at radius 3 is 2.42 bits per heavy atom. The molecule has 1 saturated carbocycles. The smallest absolute Gasteiger partial charge is 0.361 e. The first kappa shape index (κ1) is 23.7. The van der Waals surface area contributed by atoms with Gasteiger partial charge in [-0.3, -0.25) is 14.6 Å². The molecule has 1 fully saturated rings. The van der Waals surface area contributed by atoms with E-state index in [1.807, 2.05) is 12.1 Å². The van der Waals surface area contributed by atoms with Crippen molar-refractivity contribution >= 4 is 16.6 Å². The lowest BCUT2D eigenvalue weighted by atomic mass is 10.0. The Morgan fingerprint density at radius 2 is 1.78 bits per heavy atom. The molecular formula is C25H21F4N5O2. The molecular weight excluding hydrogens is 478 g/mol. The fraction of sp³-hybridized carbons (Fsp3) is 0.280. The topological polar surface area (TPSA) is 81.8 Å². The first-order valence-corrected chi connectivity index (χ1v) is 11.2. The van der Waals surface area contributed by atoms with Crippen LogP contribution < -0.4 is 16.4 Å². The zero-order valence-corrected chi connectivity index (χ0v) is 19.3. The zero-order chi connectivity index (χ0) is 25.8. The summed E-state index contributed by atoms with van der Waals surface area (Å²) in [5.74, 6) is -1.25. The minimum Gasteiger partial charge on any atom is -0.361 e. The van der Waals surface area contributed by atoms with E-state index in [4.69, 9.17) is 0 Å². The van der Waals surface area contributed by atoms with Crippen molar-refractivity contribution < 1.29 is 17.6 Å². The number of nitrogens with zero attached hydrogens (tertiary/aromatic N) is 4. The summed E-state index contributed by atoms with van der Waals surface area (Å²) in [4.78, 5) is 29.9. The van der Waals surface area contributed by atoms with Crippen LogP contribution in [0.3, 0.4) is 0 Å². The van der Waals surface area contributed by atoms with Crippen molar-refractivity contribution in [3.8, 4) is 0 Å². The minimum atomic E-state index is -4.84. The average Bonchev–Trinajstić information content (AvgIpc) is 3.64. The Labute approximate surface area is 202 Å². The molecule has 0 radical (unpaired) electrons. The highest BCUT2D eigenvalue weighted by molar-refractivity contribution is 5.90. The van der Waals surface area contributed by atoms with Gasteiger partial charge in [-0.15, -0.1) is 0 Å². The number of nitrogens with one attached hydrogen (secondary N) is 1. The highest BCUT2D eigenvalue weighted by Gasteiger charge is 2.47. The Morgan fingerprint density at radius 1 is 1.08 bits per heavy atom. The van der Waals surface area contributed by atoms with Crippen LogP contribution in [0.5, 0.6) is 0 Å². The third-order valence-corrected chi connectivity index (χ3v) is 6.64. The van der Waals surface area contributed by atoms with Gasteiger partial charge >= 0.3 is 6.18 Å². The lowest BCUT2D eigenvalue weighted by Gasteiger charge is -2.22. The average molecular weight is 499 g/mol. The first-order chi connectivity index (χ1) is 17.0. The van der Waals surface area contributed by atoms with Gasteiger partial charge in [0.25, 0.3) is 11.1 Å². The second kappa shape index (κ2) is 8.28. The number of hydrogen-bond donors (Lipinski definition) is 1. The molecule has 0 unspecified atom stereocenters. The van der Waals surface area contributed by atoms with Crippen molar-refractivity contribution in [2.24, 2.45) is 7.05 Å². The molecule has 1 aliphatic carbocycles. The largest absolute Gasteiger partial charge is 0.419 e. The monoisotopic (exact) mass is 499 g/mol. The van der Waals surface area contributed by atoms with Crippen LogP contribution in [-0.4, -0.2) is 19.3 Å². The maximum absolute atomic E-state index is 14.8. The Hall–Kier alpha value is -4.02. The van der Waals surface area contributed by atoms with Crippen LogP contribution in [0.1, 0.15) is 42.5 Å². The van der Waals surface area contributed by atoms with E-state index in [1.54, 1.807) is 17.0 Å². The van der Waals surface area contributed by atoms with Gasteiger partial charge in [-0.1, -0.05) is 12.1 Å². The van der Waals surface area contributed by atoms with E-state index >= 15 is 0 Å². The van der Waals surface area contributed by atoms with Crippen LogP contribution in [0.2, 0.25) is 0 Å². The fourth-order valence-electron chi connectivity index (χ4n) is 4.60. The molecule has 1 aliphatic rings. The van der Waals surface area contributed by atoms with E-state index in [9.17, 15) is 27.2 Å². The van der Waals surface area contributed by atoms with Gasteiger partial charge in [-0.2, -0.15) is 18.3 Å². The van der Waals surface area contributed by atoms with Gasteiger partial charge in [0, 0.05) is 42.7 Å². The number of pyridine rings is 2. The quantitative estimate of drug-likeness (QED) is 0.413. The van der Waals surface area contributed by atoms with Crippen molar-refractivity contribution in [2.75, 3.05) is 5.32 Å². The van der Waals surface area contributed by atoms with Crippen LogP contribution in [0.15, 0.2) is 64.6 Å². The molecule has 3 aromatic heterocycles. The molecule has 186 valence electrons. The molecule has 4 aromatic rings. The van der Waals surface area contributed by atoms with Crippen LogP contribution in [0.4, 0.5) is 23.4 Å². The highest BCUT2D eigenvalue weighted by Crippen LogP contribution is 2.48. The van der Waals surface area contributed by atoms with Gasteiger partial charge < -0.3 is 9.88 Å². The summed E-state index contributed by atoms with van der Waals surface area (Å²) in [5.41, 5.74) is -2.16. The van der Waals surface area contributed by atoms with Crippen molar-refractivity contribution in [2.45, 2.75) is 37.5 Å². The second-order valence-corrected chi connectivity index (χ2v) is 8.93. The zero-order valence-electron chi connectivity index (χ0n) is 19.3. The predicted octanol–water partition coefficient (Wildman–Crippen LogP) is 4.36. The van der Waals surface area contributed by atoms with Crippen LogP contribution in [-0.2, 0) is 18.8 Å². The minimum absolute atomic E-state index is 0.0958. The normalized spacial score (nSPS) is 15.6. The van der Waals surface area contributed by atoms with E-state index in [0.29, 0.717) is 24.3 Å². The highest BCUT2D eigenvalue weighted by atomic mass is 19.4. The van der Waals surface area contributed by atoms with Crippen LogP contribution >= 0.6 is 0 Å². The van der Waals surface area contributed by atoms with E-state index in [-0.39, 0.29) is 22.3 Å². The maximum atomic E-state index is 14.8. The SMILES string of the molecule is C[C@@H](Nc1nn(C)c(=O)c2cc(=O)n(C3(c4ccncc4)CC3)cc12)c1cccc(C(F)(F)F)c1F. The van der Waals surface area contributed by atoms with Crippen molar-refractivity contribution in [1.29, 1.82) is 0 Å². The molecule has 0 saturated heterocycles. The molecule has 7 nitrogen and oxygen atoms in total. The van der Waals surface area contributed by atoms with Gasteiger partial charge in [0.1, 0.15) is 5.82 Å². The molecule has 0 aliphatic heterocycles. The van der Waals surface area contributed by atoms with Crippen LogP contribution in [0, 0.1) is 5.82 Å². The van der Waals surface area contributed by atoms with Gasteiger partial charge in [-0.25, -0.2) is 9.07 Å². The van der Waals surface area contributed by atoms with Gasteiger partial charge in [0.15, 0.2) is 5.82 Å². The second-order valence-electron chi connectivity index (χ2n) is 8.93. The predicted molar refractivity (Wildman–Crippen MR) is 125 cm³/mol. The summed E-state index contributed by atoms with van der Waals surface area (Å²) in [6.07, 6.45) is 1.37. The Bertz CT molecular complexity index is 1590. The molecule has 1 aromatic carbocycles. The third kappa shape index (κ3) is 3.84. The van der Waals surface area contributed by atoms with Crippen molar-refractivity contribution in [3.05, 3.63) is 98.2 Å². The number of alkyl halides is 3. The number of rotatable bonds is 5. The summed E-state index contributed by atoms with van der Waals surface area (Å²) in [6, 6.07) is 7.02. The number of hydrogen-bond acceptors (Lipinski definition) is 5. The molecule has 0 spiro atoms. The Kier molecular flexibility index (Phi) is 5.46. The molecule has 11 heteroatoms. The van der Waals surface area contributed by atoms with Gasteiger partial charge in [-0.05, 0) is 43.5 Å². The molecule has 3 heterocycles. The maximum Gasteiger partial charge on any atom is 0.419 e.